The van der Waals surface area contributed by atoms with E-state index in [2.05, 4.69) is 10.7 Å². The van der Waals surface area contributed by atoms with Crippen LogP contribution in [-0.4, -0.2) is 45.6 Å². The number of carbonyl (C=O) groups is 2. The number of ether oxygens (including phenoxy) is 1. The number of hydrogen-bond acceptors (Lipinski definition) is 5. The smallest absolute Gasteiger partial charge is 0.286 e. The molecule has 4 rings (SSSR count). The van der Waals surface area contributed by atoms with Gasteiger partial charge in [-0.3, -0.25) is 15.0 Å². The van der Waals surface area contributed by atoms with E-state index in [1.165, 1.54) is 6.42 Å². The summed E-state index contributed by atoms with van der Waals surface area (Å²) in [7, 11) is 1.83. The van der Waals surface area contributed by atoms with Crippen LogP contribution in [0, 0.1) is 0 Å². The molecule has 3 heterocycles. The minimum atomic E-state index is -0.217. The number of hydrazine groups is 1. The third kappa shape index (κ3) is 4.92. The van der Waals surface area contributed by atoms with Gasteiger partial charge in [-0.1, -0.05) is 31.5 Å². The van der Waals surface area contributed by atoms with E-state index >= 15 is 0 Å². The molecule has 8 nitrogen and oxygen atoms in total. The topological polar surface area (TPSA) is 88.5 Å². The second-order valence-corrected chi connectivity index (χ2v) is 8.92. The lowest BCUT2D eigenvalue weighted by molar-refractivity contribution is 0.0736. The van der Waals surface area contributed by atoms with E-state index in [4.69, 9.17) is 9.72 Å². The van der Waals surface area contributed by atoms with E-state index in [9.17, 15) is 9.59 Å². The standard InChI is InChI=1S/C26H33N5O3/c1-5-20-21(28-25(32)18-12-8-6-9-13-18)16-19-23(34-17(2)3)22(30(4)24(19)27-20)26(33)29-31-14-10-7-11-15-31/h6,8-9,12-13,16-17H,5,7,10-11,14-15H2,1-4H3,(H,28,32)(H,29,33). The van der Waals surface area contributed by atoms with Crippen LogP contribution in [0.15, 0.2) is 36.4 Å². The molecule has 8 heteroatoms. The Labute approximate surface area is 200 Å². The van der Waals surface area contributed by atoms with Crippen LogP contribution in [0.1, 0.15) is 66.6 Å². The second-order valence-electron chi connectivity index (χ2n) is 8.92. The number of rotatable bonds is 7. The molecule has 1 fully saturated rings. The number of benzene rings is 1. The molecule has 0 aliphatic carbocycles. The van der Waals surface area contributed by atoms with Crippen LogP contribution in [0.5, 0.6) is 5.75 Å². The lowest BCUT2D eigenvalue weighted by atomic mass is 10.1. The molecule has 0 unspecified atom stereocenters. The van der Waals surface area contributed by atoms with Gasteiger partial charge in [0.15, 0.2) is 11.4 Å². The van der Waals surface area contributed by atoms with Crippen molar-refractivity contribution in [2.75, 3.05) is 18.4 Å². The highest BCUT2D eigenvalue weighted by Crippen LogP contribution is 2.35. The maximum Gasteiger partial charge on any atom is 0.286 e. The first-order chi connectivity index (χ1) is 16.4. The fraction of sp³-hybridized carbons (Fsp3) is 0.423. The van der Waals surface area contributed by atoms with E-state index in [-0.39, 0.29) is 17.9 Å². The zero-order valence-corrected chi connectivity index (χ0v) is 20.4. The number of aromatic nitrogens is 2. The molecule has 1 aliphatic rings. The van der Waals surface area contributed by atoms with Gasteiger partial charge in [-0.2, -0.15) is 0 Å². The normalized spacial score (nSPS) is 14.4. The fourth-order valence-electron chi connectivity index (χ4n) is 4.32. The highest BCUT2D eigenvalue weighted by molar-refractivity contribution is 6.07. The van der Waals surface area contributed by atoms with Gasteiger partial charge in [-0.05, 0) is 51.3 Å². The Hall–Kier alpha value is -3.39. The van der Waals surface area contributed by atoms with Crippen LogP contribution >= 0.6 is 0 Å². The van der Waals surface area contributed by atoms with Gasteiger partial charge in [-0.25, -0.2) is 9.99 Å². The summed E-state index contributed by atoms with van der Waals surface area (Å²) in [5.74, 6) is 0.0557. The van der Waals surface area contributed by atoms with Crippen molar-refractivity contribution in [2.24, 2.45) is 7.05 Å². The highest BCUT2D eigenvalue weighted by Gasteiger charge is 2.27. The third-order valence-electron chi connectivity index (χ3n) is 6.00. The molecule has 34 heavy (non-hydrogen) atoms. The number of amides is 2. The van der Waals surface area contributed by atoms with Gasteiger partial charge in [0, 0.05) is 25.7 Å². The summed E-state index contributed by atoms with van der Waals surface area (Å²) < 4.78 is 7.94. The SMILES string of the molecule is CCc1nc2c(cc1NC(=O)c1ccccc1)c(OC(C)C)c(C(=O)NN1CCCCC1)n2C. The van der Waals surface area contributed by atoms with Crippen LogP contribution in [0.2, 0.25) is 0 Å². The Morgan fingerprint density at radius 3 is 2.44 bits per heavy atom. The largest absolute Gasteiger partial charge is 0.488 e. The number of piperidine rings is 1. The number of hydrogen-bond donors (Lipinski definition) is 2. The van der Waals surface area contributed by atoms with Gasteiger partial charge in [0.05, 0.1) is 22.9 Å². The van der Waals surface area contributed by atoms with Gasteiger partial charge in [0.2, 0.25) is 0 Å². The highest BCUT2D eigenvalue weighted by atomic mass is 16.5. The second kappa shape index (κ2) is 10.3. The average Bonchev–Trinajstić information content (AvgIpc) is 3.09. The molecule has 2 N–H and O–H groups in total. The Kier molecular flexibility index (Phi) is 7.17. The van der Waals surface area contributed by atoms with E-state index < -0.39 is 0 Å². The van der Waals surface area contributed by atoms with Crippen molar-refractivity contribution in [1.82, 2.24) is 20.0 Å². The van der Waals surface area contributed by atoms with Crippen molar-refractivity contribution in [3.8, 4) is 5.75 Å². The first-order valence-electron chi connectivity index (χ1n) is 12.0. The lowest BCUT2D eigenvalue weighted by Gasteiger charge is -2.27. The Morgan fingerprint density at radius 1 is 1.09 bits per heavy atom. The van der Waals surface area contributed by atoms with Gasteiger partial charge in [0.25, 0.3) is 11.8 Å². The number of fused-ring (bicyclic) bond motifs is 1. The minimum Gasteiger partial charge on any atom is -0.488 e. The summed E-state index contributed by atoms with van der Waals surface area (Å²) in [4.78, 5) is 31.0. The van der Waals surface area contributed by atoms with Crippen molar-refractivity contribution in [2.45, 2.75) is 52.6 Å². The number of nitrogens with zero attached hydrogens (tertiary/aromatic N) is 3. The summed E-state index contributed by atoms with van der Waals surface area (Å²) in [5, 5.41) is 5.67. The first-order valence-corrected chi connectivity index (χ1v) is 12.0. The van der Waals surface area contributed by atoms with Crippen LogP contribution < -0.4 is 15.5 Å². The molecule has 1 aromatic carbocycles. The molecular formula is C26H33N5O3. The van der Waals surface area contributed by atoms with E-state index in [1.807, 2.05) is 57.1 Å². The van der Waals surface area contributed by atoms with Gasteiger partial charge >= 0.3 is 0 Å². The molecule has 180 valence electrons. The number of anilines is 1. The van der Waals surface area contributed by atoms with Crippen LogP contribution in [0.25, 0.3) is 11.0 Å². The van der Waals surface area contributed by atoms with Crippen LogP contribution in [0.4, 0.5) is 5.69 Å². The summed E-state index contributed by atoms with van der Waals surface area (Å²) in [6.45, 7) is 7.52. The first kappa shape index (κ1) is 23.8. The molecule has 0 spiro atoms. The molecule has 0 atom stereocenters. The molecule has 0 bridgehead atoms. The van der Waals surface area contributed by atoms with Crippen LogP contribution in [0.3, 0.4) is 0 Å². The van der Waals surface area contributed by atoms with Crippen molar-refractivity contribution in [1.29, 1.82) is 0 Å². The zero-order valence-electron chi connectivity index (χ0n) is 20.4. The summed E-state index contributed by atoms with van der Waals surface area (Å²) in [6, 6.07) is 10.9. The molecule has 0 saturated carbocycles. The molecule has 1 aliphatic heterocycles. The number of nitrogens with one attached hydrogen (secondary N) is 2. The quantitative estimate of drug-likeness (QED) is 0.545. The molecule has 2 amide bonds. The summed E-state index contributed by atoms with van der Waals surface area (Å²) >= 11 is 0. The molecule has 1 saturated heterocycles. The van der Waals surface area contributed by atoms with E-state index in [1.54, 1.807) is 16.7 Å². The maximum absolute atomic E-state index is 13.4. The van der Waals surface area contributed by atoms with E-state index in [0.717, 1.165) is 31.6 Å². The Bertz CT molecular complexity index is 1180. The Balaban J connectivity index is 1.76. The molecule has 3 aromatic rings. The van der Waals surface area contributed by atoms with Gasteiger partial charge in [-0.15, -0.1) is 0 Å². The molecule has 0 radical (unpaired) electrons. The zero-order chi connectivity index (χ0) is 24.2. The van der Waals surface area contributed by atoms with Gasteiger partial charge in [0.1, 0.15) is 5.65 Å². The Morgan fingerprint density at radius 2 is 1.79 bits per heavy atom. The van der Waals surface area contributed by atoms with Crippen molar-refractivity contribution in [3.63, 3.8) is 0 Å². The van der Waals surface area contributed by atoms with Crippen molar-refractivity contribution < 1.29 is 14.3 Å². The number of pyridine rings is 1. The fourth-order valence-corrected chi connectivity index (χ4v) is 4.32. The maximum atomic E-state index is 13.4. The predicted octanol–water partition coefficient (Wildman–Crippen LogP) is 4.31. The monoisotopic (exact) mass is 463 g/mol. The molecular weight excluding hydrogens is 430 g/mol. The summed E-state index contributed by atoms with van der Waals surface area (Å²) in [5.41, 5.74) is 6.05. The summed E-state index contributed by atoms with van der Waals surface area (Å²) in [6.07, 6.45) is 3.80. The predicted molar refractivity (Wildman–Crippen MR) is 133 cm³/mol. The van der Waals surface area contributed by atoms with Crippen LogP contribution in [-0.2, 0) is 13.5 Å². The number of aryl methyl sites for hydroxylation is 2. The van der Waals surface area contributed by atoms with Crippen molar-refractivity contribution >= 4 is 28.5 Å². The average molecular weight is 464 g/mol. The van der Waals surface area contributed by atoms with Gasteiger partial charge < -0.3 is 14.6 Å². The third-order valence-corrected chi connectivity index (χ3v) is 6.00. The molecule has 2 aromatic heterocycles. The number of carbonyl (C=O) groups excluding carboxylic acids is 2. The lowest BCUT2D eigenvalue weighted by Crippen LogP contribution is -2.45. The minimum absolute atomic E-state index is 0.139. The van der Waals surface area contributed by atoms with Crippen molar-refractivity contribution in [3.05, 3.63) is 53.3 Å². The van der Waals surface area contributed by atoms with E-state index in [0.29, 0.717) is 40.1 Å².